The molecule has 0 saturated carbocycles. The third-order valence-electron chi connectivity index (χ3n) is 3.90. The van der Waals surface area contributed by atoms with E-state index in [2.05, 4.69) is 15.6 Å². The zero-order valence-electron chi connectivity index (χ0n) is 15.0. The highest BCUT2D eigenvalue weighted by Gasteiger charge is 2.19. The fourth-order valence-electron chi connectivity index (χ4n) is 2.52. The van der Waals surface area contributed by atoms with E-state index in [0.717, 1.165) is 5.56 Å². The van der Waals surface area contributed by atoms with Crippen molar-refractivity contribution in [1.82, 2.24) is 19.9 Å². The number of carbonyl (C=O) groups is 2. The number of carbonyl (C=O) groups excluding carboxylic acids is 2. The van der Waals surface area contributed by atoms with Gasteiger partial charge in [-0.1, -0.05) is 64.8 Å². The van der Waals surface area contributed by atoms with Gasteiger partial charge in [0.2, 0.25) is 5.91 Å². The van der Waals surface area contributed by atoms with Gasteiger partial charge >= 0.3 is 0 Å². The van der Waals surface area contributed by atoms with Crippen LogP contribution in [0.2, 0.25) is 10.0 Å². The number of nitrogens with zero attached hydrogens (tertiary/aromatic N) is 4. The lowest BCUT2D eigenvalue weighted by Gasteiger charge is -2.16. The van der Waals surface area contributed by atoms with Crippen molar-refractivity contribution >= 4 is 40.7 Å². The molecule has 28 heavy (non-hydrogen) atoms. The van der Waals surface area contributed by atoms with Gasteiger partial charge in [-0.05, 0) is 17.7 Å². The molecule has 0 fully saturated rings. The van der Waals surface area contributed by atoms with Crippen LogP contribution in [0.3, 0.4) is 0 Å². The van der Waals surface area contributed by atoms with Crippen LogP contribution in [0.4, 0.5) is 5.69 Å². The van der Waals surface area contributed by atoms with E-state index in [4.69, 9.17) is 23.2 Å². The van der Waals surface area contributed by atoms with Crippen LogP contribution in [0.1, 0.15) is 16.1 Å². The highest BCUT2D eigenvalue weighted by molar-refractivity contribution is 6.39. The second kappa shape index (κ2) is 8.86. The first kappa shape index (κ1) is 19.9. The number of hydrogen-bond donors (Lipinski definition) is 1. The van der Waals surface area contributed by atoms with Gasteiger partial charge in [-0.25, -0.2) is 4.68 Å². The van der Waals surface area contributed by atoms with Crippen molar-refractivity contribution in [3.05, 3.63) is 76.0 Å². The molecule has 7 nitrogen and oxygen atoms in total. The van der Waals surface area contributed by atoms with Crippen molar-refractivity contribution in [3.63, 3.8) is 0 Å². The summed E-state index contributed by atoms with van der Waals surface area (Å²) in [6.45, 7) is 0.308. The molecule has 1 heterocycles. The van der Waals surface area contributed by atoms with Crippen molar-refractivity contribution in [1.29, 1.82) is 0 Å². The normalized spacial score (nSPS) is 10.5. The lowest BCUT2D eigenvalue weighted by molar-refractivity contribution is -0.116. The number of anilines is 1. The monoisotopic (exact) mass is 417 g/mol. The maximum absolute atomic E-state index is 12.5. The number of halogens is 2. The van der Waals surface area contributed by atoms with Crippen LogP contribution in [0.5, 0.6) is 0 Å². The molecule has 2 amide bonds. The Kier molecular flexibility index (Phi) is 6.28. The van der Waals surface area contributed by atoms with Crippen molar-refractivity contribution < 1.29 is 9.59 Å². The van der Waals surface area contributed by atoms with E-state index in [0.29, 0.717) is 22.3 Å². The fraction of sp³-hybridized carbons (Fsp3) is 0.158. The summed E-state index contributed by atoms with van der Waals surface area (Å²) in [5.41, 5.74) is 1.50. The Bertz CT molecular complexity index is 971. The smallest absolute Gasteiger partial charge is 0.276 e. The summed E-state index contributed by atoms with van der Waals surface area (Å²) in [4.78, 5) is 26.0. The van der Waals surface area contributed by atoms with Crippen LogP contribution in [0, 0.1) is 0 Å². The lowest BCUT2D eigenvalue weighted by atomic mass is 10.2. The minimum absolute atomic E-state index is 0.155. The summed E-state index contributed by atoms with van der Waals surface area (Å²) in [5, 5.41) is 11.1. The van der Waals surface area contributed by atoms with Gasteiger partial charge in [0, 0.05) is 7.05 Å². The van der Waals surface area contributed by atoms with Gasteiger partial charge in [-0.2, -0.15) is 0 Å². The van der Waals surface area contributed by atoms with Crippen molar-refractivity contribution in [3.8, 4) is 0 Å². The van der Waals surface area contributed by atoms with Crippen molar-refractivity contribution in [2.75, 3.05) is 18.9 Å². The lowest BCUT2D eigenvalue weighted by Crippen LogP contribution is -2.35. The van der Waals surface area contributed by atoms with Gasteiger partial charge in [-0.3, -0.25) is 9.59 Å². The van der Waals surface area contributed by atoms with Gasteiger partial charge in [-0.15, -0.1) is 5.10 Å². The van der Waals surface area contributed by atoms with Crippen LogP contribution in [0.25, 0.3) is 0 Å². The Balaban J connectivity index is 1.60. The Hall–Kier alpha value is -2.90. The van der Waals surface area contributed by atoms with Gasteiger partial charge in [0.25, 0.3) is 5.91 Å². The minimum Gasteiger partial charge on any atom is -0.331 e. The van der Waals surface area contributed by atoms with Crippen LogP contribution in [0.15, 0.2) is 54.7 Å². The highest BCUT2D eigenvalue weighted by atomic mass is 35.5. The first-order chi connectivity index (χ1) is 13.4. The molecule has 0 aliphatic carbocycles. The first-order valence-electron chi connectivity index (χ1n) is 8.37. The summed E-state index contributed by atoms with van der Waals surface area (Å²) in [6.07, 6.45) is 1.55. The molecule has 3 rings (SSSR count). The molecule has 9 heteroatoms. The molecule has 0 aliphatic rings. The number of rotatable bonds is 6. The molecule has 0 bridgehead atoms. The molecular weight excluding hydrogens is 401 g/mol. The number of aromatic nitrogens is 3. The molecule has 0 spiro atoms. The molecule has 0 unspecified atom stereocenters. The predicted molar refractivity (Wildman–Crippen MR) is 108 cm³/mol. The Morgan fingerprint density at radius 2 is 1.75 bits per heavy atom. The summed E-state index contributed by atoms with van der Waals surface area (Å²) in [5.74, 6) is -0.845. The minimum atomic E-state index is -0.428. The highest BCUT2D eigenvalue weighted by Crippen LogP contribution is 2.29. The molecule has 0 radical (unpaired) electrons. The van der Waals surface area contributed by atoms with Crippen LogP contribution in [-0.4, -0.2) is 45.3 Å². The van der Waals surface area contributed by atoms with Gasteiger partial charge < -0.3 is 10.2 Å². The fourth-order valence-corrected chi connectivity index (χ4v) is 3.02. The van der Waals surface area contributed by atoms with E-state index >= 15 is 0 Å². The zero-order valence-corrected chi connectivity index (χ0v) is 16.5. The summed E-state index contributed by atoms with van der Waals surface area (Å²) in [6, 6.07) is 14.6. The topological polar surface area (TPSA) is 80.1 Å². The van der Waals surface area contributed by atoms with E-state index in [-0.39, 0.29) is 12.2 Å². The maximum Gasteiger partial charge on any atom is 0.276 e. The second-order valence-electron chi connectivity index (χ2n) is 6.09. The van der Waals surface area contributed by atoms with Gasteiger partial charge in [0.05, 0.1) is 35.0 Å². The van der Waals surface area contributed by atoms with Gasteiger partial charge in [0.15, 0.2) is 5.69 Å². The van der Waals surface area contributed by atoms with Gasteiger partial charge in [0.1, 0.15) is 0 Å². The summed E-state index contributed by atoms with van der Waals surface area (Å²) < 4.78 is 1.57. The molecule has 1 aromatic heterocycles. The van der Waals surface area contributed by atoms with E-state index in [1.807, 2.05) is 30.3 Å². The number of amides is 2. The molecule has 0 saturated heterocycles. The van der Waals surface area contributed by atoms with Crippen LogP contribution in [-0.2, 0) is 11.3 Å². The summed E-state index contributed by atoms with van der Waals surface area (Å²) >= 11 is 12.1. The Morgan fingerprint density at radius 1 is 1.07 bits per heavy atom. The van der Waals surface area contributed by atoms with Crippen molar-refractivity contribution in [2.45, 2.75) is 6.54 Å². The molecule has 2 aromatic carbocycles. The summed E-state index contributed by atoms with van der Waals surface area (Å²) in [7, 11) is 1.51. The molecular formula is C19H17Cl2N5O2. The van der Waals surface area contributed by atoms with E-state index in [9.17, 15) is 9.59 Å². The Labute approximate surface area is 171 Å². The second-order valence-corrected chi connectivity index (χ2v) is 6.91. The number of hydrogen-bond acceptors (Lipinski definition) is 4. The molecule has 1 N–H and O–H groups in total. The quantitative estimate of drug-likeness (QED) is 0.666. The average molecular weight is 418 g/mol. The van der Waals surface area contributed by atoms with Crippen molar-refractivity contribution in [2.24, 2.45) is 0 Å². The third-order valence-corrected chi connectivity index (χ3v) is 4.53. The molecule has 0 atom stereocenters. The van der Waals surface area contributed by atoms with E-state index in [1.165, 1.54) is 11.9 Å². The Morgan fingerprint density at radius 3 is 2.43 bits per heavy atom. The number of likely N-dealkylation sites (N-methyl/N-ethyl adjacent to an activating group) is 1. The van der Waals surface area contributed by atoms with E-state index < -0.39 is 11.8 Å². The number of benzene rings is 2. The average Bonchev–Trinajstić information content (AvgIpc) is 3.13. The molecule has 0 aliphatic heterocycles. The van der Waals surface area contributed by atoms with Crippen LogP contribution >= 0.6 is 23.2 Å². The van der Waals surface area contributed by atoms with Crippen LogP contribution < -0.4 is 5.32 Å². The molecule has 3 aromatic rings. The standard InChI is InChI=1S/C19H17Cl2N5O2/c1-25(12-17(27)22-18-14(20)8-5-9-15(18)21)19(28)16-11-26(24-23-16)10-13-6-3-2-4-7-13/h2-9,11H,10,12H2,1H3,(H,22,27). The predicted octanol–water partition coefficient (Wildman–Crippen LogP) is 3.34. The first-order valence-corrected chi connectivity index (χ1v) is 9.13. The maximum atomic E-state index is 12.5. The van der Waals surface area contributed by atoms with E-state index in [1.54, 1.807) is 29.1 Å². The zero-order chi connectivity index (χ0) is 20.1. The SMILES string of the molecule is CN(CC(=O)Nc1c(Cl)cccc1Cl)C(=O)c1cn(Cc2ccccc2)nn1. The largest absolute Gasteiger partial charge is 0.331 e. The number of nitrogens with one attached hydrogen (secondary N) is 1. The third kappa shape index (κ3) is 4.88. The number of para-hydroxylation sites is 1. The molecule has 144 valence electrons.